The first-order valence-electron chi connectivity index (χ1n) is 9.48. The van der Waals surface area contributed by atoms with Crippen LogP contribution in [0, 0.1) is 5.92 Å². The van der Waals surface area contributed by atoms with E-state index in [0.717, 1.165) is 12.8 Å². The molecular formula is C21H21N3O5. The van der Waals surface area contributed by atoms with E-state index in [1.165, 1.54) is 12.3 Å². The lowest BCUT2D eigenvalue weighted by Crippen LogP contribution is -2.41. The highest BCUT2D eigenvalue weighted by Crippen LogP contribution is 2.21. The molecule has 3 aromatic heterocycles. The highest BCUT2D eigenvalue weighted by molar-refractivity contribution is 5.93. The zero-order valence-corrected chi connectivity index (χ0v) is 15.7. The molecule has 2 amide bonds. The Bertz CT molecular complexity index is 964. The van der Waals surface area contributed by atoms with E-state index in [0.29, 0.717) is 42.8 Å². The van der Waals surface area contributed by atoms with Gasteiger partial charge in [-0.3, -0.25) is 9.59 Å². The van der Waals surface area contributed by atoms with Crippen molar-refractivity contribution >= 4 is 17.9 Å². The zero-order valence-electron chi connectivity index (χ0n) is 15.7. The van der Waals surface area contributed by atoms with Crippen LogP contribution in [0.25, 0.3) is 17.6 Å². The number of nitrogens with one attached hydrogen (secondary N) is 1. The maximum Gasteiger partial charge on any atom is 0.273 e. The van der Waals surface area contributed by atoms with Gasteiger partial charge in [0.05, 0.1) is 12.5 Å². The molecule has 1 saturated heterocycles. The highest BCUT2D eigenvalue weighted by Gasteiger charge is 2.23. The smallest absolute Gasteiger partial charge is 0.273 e. The number of carbonyl (C=O) groups excluding carboxylic acids is 2. The van der Waals surface area contributed by atoms with E-state index in [2.05, 4.69) is 10.5 Å². The third-order valence-electron chi connectivity index (χ3n) is 4.92. The van der Waals surface area contributed by atoms with Gasteiger partial charge in [-0.2, -0.15) is 0 Å². The molecule has 0 atom stereocenters. The number of amides is 2. The molecule has 8 nitrogen and oxygen atoms in total. The molecule has 0 saturated carbocycles. The van der Waals surface area contributed by atoms with E-state index in [-0.39, 0.29) is 17.5 Å². The van der Waals surface area contributed by atoms with Crippen molar-refractivity contribution in [1.82, 2.24) is 15.4 Å². The van der Waals surface area contributed by atoms with Gasteiger partial charge in [0.15, 0.2) is 11.5 Å². The summed E-state index contributed by atoms with van der Waals surface area (Å²) in [7, 11) is 0. The number of nitrogens with zero attached hydrogens (tertiary/aromatic N) is 2. The van der Waals surface area contributed by atoms with Crippen LogP contribution in [0.4, 0.5) is 0 Å². The topological polar surface area (TPSA) is 102 Å². The van der Waals surface area contributed by atoms with Crippen molar-refractivity contribution in [2.24, 2.45) is 5.92 Å². The fourth-order valence-electron chi connectivity index (χ4n) is 3.25. The van der Waals surface area contributed by atoms with Gasteiger partial charge >= 0.3 is 0 Å². The number of likely N-dealkylation sites (tertiary alicyclic amines) is 1. The SMILES string of the molecule is O=C(NCC1CCN(C(=O)/C=C/c2ccco2)CC1)c1cc(-c2ccco2)on1. The van der Waals surface area contributed by atoms with E-state index in [4.69, 9.17) is 13.4 Å². The lowest BCUT2D eigenvalue weighted by Gasteiger charge is -2.31. The monoisotopic (exact) mass is 395 g/mol. The molecule has 1 fully saturated rings. The molecule has 0 aliphatic carbocycles. The van der Waals surface area contributed by atoms with E-state index < -0.39 is 0 Å². The Kier molecular flexibility index (Phi) is 5.60. The third-order valence-corrected chi connectivity index (χ3v) is 4.92. The van der Waals surface area contributed by atoms with Crippen molar-refractivity contribution in [2.75, 3.05) is 19.6 Å². The van der Waals surface area contributed by atoms with Crippen molar-refractivity contribution in [3.05, 3.63) is 60.4 Å². The number of rotatable bonds is 6. The normalized spacial score (nSPS) is 15.1. The van der Waals surface area contributed by atoms with Crippen molar-refractivity contribution in [3.63, 3.8) is 0 Å². The Labute approximate surface area is 167 Å². The fraction of sp³-hybridized carbons (Fsp3) is 0.286. The Morgan fingerprint density at radius 3 is 2.66 bits per heavy atom. The van der Waals surface area contributed by atoms with Gasteiger partial charge in [-0.1, -0.05) is 5.16 Å². The summed E-state index contributed by atoms with van der Waals surface area (Å²) in [4.78, 5) is 26.4. The van der Waals surface area contributed by atoms with E-state index in [1.807, 2.05) is 4.90 Å². The van der Waals surface area contributed by atoms with Crippen molar-refractivity contribution in [1.29, 1.82) is 0 Å². The largest absolute Gasteiger partial charge is 0.465 e. The third kappa shape index (κ3) is 4.66. The lowest BCUT2D eigenvalue weighted by molar-refractivity contribution is -0.127. The van der Waals surface area contributed by atoms with Crippen molar-refractivity contribution in [3.8, 4) is 11.5 Å². The minimum absolute atomic E-state index is 0.0306. The maximum absolute atomic E-state index is 12.3. The number of carbonyl (C=O) groups is 2. The van der Waals surface area contributed by atoms with E-state index in [9.17, 15) is 9.59 Å². The van der Waals surface area contributed by atoms with Crippen LogP contribution in [0.2, 0.25) is 0 Å². The van der Waals surface area contributed by atoms with Gasteiger partial charge in [0.25, 0.3) is 5.91 Å². The van der Waals surface area contributed by atoms with Gasteiger partial charge in [-0.25, -0.2) is 0 Å². The van der Waals surface area contributed by atoms with Crippen LogP contribution >= 0.6 is 0 Å². The van der Waals surface area contributed by atoms with Crippen LogP contribution < -0.4 is 5.32 Å². The standard InChI is InChI=1S/C21H21N3O5/c25-20(6-5-16-3-1-11-27-16)24-9-7-15(8-10-24)14-22-21(26)17-13-19(29-23-17)18-4-2-12-28-18/h1-6,11-13,15H,7-10,14H2,(H,22,26)/b6-5+. The van der Waals surface area contributed by atoms with Gasteiger partial charge in [0, 0.05) is 31.8 Å². The van der Waals surface area contributed by atoms with Crippen LogP contribution in [0.15, 0.2) is 62.3 Å². The Morgan fingerprint density at radius 2 is 1.93 bits per heavy atom. The van der Waals surface area contributed by atoms with Gasteiger partial charge in [0.2, 0.25) is 11.7 Å². The summed E-state index contributed by atoms with van der Waals surface area (Å²) in [6.45, 7) is 1.86. The first kappa shape index (κ1) is 18.8. The summed E-state index contributed by atoms with van der Waals surface area (Å²) in [5.74, 6) is 1.58. The second kappa shape index (κ2) is 8.64. The summed E-state index contributed by atoms with van der Waals surface area (Å²) >= 11 is 0. The summed E-state index contributed by atoms with van der Waals surface area (Å²) in [5, 5.41) is 6.69. The second-order valence-electron chi connectivity index (χ2n) is 6.88. The van der Waals surface area contributed by atoms with E-state index in [1.54, 1.807) is 42.7 Å². The van der Waals surface area contributed by atoms with Gasteiger partial charge < -0.3 is 23.6 Å². The molecule has 4 rings (SSSR count). The molecule has 4 heterocycles. The number of aromatic nitrogens is 1. The number of hydrogen-bond acceptors (Lipinski definition) is 6. The average Bonchev–Trinajstić information content (AvgIpc) is 3.51. The van der Waals surface area contributed by atoms with Crippen molar-refractivity contribution in [2.45, 2.75) is 12.8 Å². The van der Waals surface area contributed by atoms with Crippen LogP contribution in [-0.2, 0) is 4.79 Å². The van der Waals surface area contributed by atoms with E-state index >= 15 is 0 Å². The molecule has 1 aliphatic rings. The van der Waals surface area contributed by atoms with Crippen LogP contribution in [-0.4, -0.2) is 41.5 Å². The molecule has 29 heavy (non-hydrogen) atoms. The quantitative estimate of drug-likeness (QED) is 0.643. The molecule has 3 aromatic rings. The molecule has 0 aromatic carbocycles. The maximum atomic E-state index is 12.3. The molecule has 1 N–H and O–H groups in total. The molecular weight excluding hydrogens is 374 g/mol. The van der Waals surface area contributed by atoms with Crippen LogP contribution in [0.5, 0.6) is 0 Å². The predicted molar refractivity (Wildman–Crippen MR) is 104 cm³/mol. The van der Waals surface area contributed by atoms with Gasteiger partial charge in [-0.15, -0.1) is 0 Å². The number of furan rings is 2. The lowest BCUT2D eigenvalue weighted by atomic mass is 9.96. The summed E-state index contributed by atoms with van der Waals surface area (Å²) < 4.78 is 15.6. The molecule has 0 bridgehead atoms. The Hall–Kier alpha value is -3.55. The number of piperidine rings is 1. The van der Waals surface area contributed by atoms with Gasteiger partial charge in [0.1, 0.15) is 5.76 Å². The van der Waals surface area contributed by atoms with Crippen molar-refractivity contribution < 1.29 is 22.9 Å². The first-order valence-corrected chi connectivity index (χ1v) is 9.48. The minimum atomic E-state index is -0.286. The highest BCUT2D eigenvalue weighted by atomic mass is 16.5. The second-order valence-corrected chi connectivity index (χ2v) is 6.88. The average molecular weight is 395 g/mol. The molecule has 0 radical (unpaired) electrons. The Morgan fingerprint density at radius 1 is 1.14 bits per heavy atom. The minimum Gasteiger partial charge on any atom is -0.465 e. The summed E-state index contributed by atoms with van der Waals surface area (Å²) in [5.41, 5.74) is 0.215. The van der Waals surface area contributed by atoms with Crippen LogP contribution in [0.3, 0.4) is 0 Å². The molecule has 8 heteroatoms. The Balaban J connectivity index is 1.22. The number of hydrogen-bond donors (Lipinski definition) is 1. The summed E-state index contributed by atoms with van der Waals surface area (Å²) in [6, 6.07) is 8.61. The predicted octanol–water partition coefficient (Wildman–Crippen LogP) is 3.21. The molecule has 150 valence electrons. The molecule has 0 spiro atoms. The summed E-state index contributed by atoms with van der Waals surface area (Å²) in [6.07, 6.45) is 7.96. The zero-order chi connectivity index (χ0) is 20.1. The molecule has 0 unspecified atom stereocenters. The first-order chi connectivity index (χ1) is 14.2. The van der Waals surface area contributed by atoms with Gasteiger partial charge in [-0.05, 0) is 49.1 Å². The van der Waals surface area contributed by atoms with Crippen LogP contribution in [0.1, 0.15) is 29.1 Å². The fourth-order valence-corrected chi connectivity index (χ4v) is 3.25. The molecule has 1 aliphatic heterocycles.